The highest BCUT2D eigenvalue weighted by Gasteiger charge is 2.48. The van der Waals surface area contributed by atoms with E-state index in [1.165, 1.54) is 38.6 Å². The third-order valence-electron chi connectivity index (χ3n) is 4.99. The minimum atomic E-state index is 0.631. The zero-order chi connectivity index (χ0) is 10.6. The van der Waals surface area contributed by atoms with Gasteiger partial charge in [-0.3, -0.25) is 0 Å². The van der Waals surface area contributed by atoms with Gasteiger partial charge in [-0.1, -0.05) is 18.2 Å². The van der Waals surface area contributed by atoms with E-state index in [1.54, 1.807) is 16.7 Å². The van der Waals surface area contributed by atoms with E-state index in [0.29, 0.717) is 5.41 Å². The van der Waals surface area contributed by atoms with Gasteiger partial charge in [-0.05, 0) is 66.7 Å². The summed E-state index contributed by atoms with van der Waals surface area (Å²) in [5.74, 6) is 0.854. The van der Waals surface area contributed by atoms with Gasteiger partial charge >= 0.3 is 0 Å². The molecule has 3 aliphatic rings. The summed E-state index contributed by atoms with van der Waals surface area (Å²) < 4.78 is 0. The van der Waals surface area contributed by atoms with Crippen LogP contribution >= 0.6 is 0 Å². The van der Waals surface area contributed by atoms with Gasteiger partial charge in [-0.25, -0.2) is 0 Å². The molecule has 0 bridgehead atoms. The molecule has 2 aliphatic carbocycles. The highest BCUT2D eigenvalue weighted by molar-refractivity contribution is 5.47. The summed E-state index contributed by atoms with van der Waals surface area (Å²) >= 11 is 0. The van der Waals surface area contributed by atoms with Crippen LogP contribution in [0.4, 0.5) is 0 Å². The largest absolute Gasteiger partial charge is 0.313 e. The molecule has 0 saturated heterocycles. The van der Waals surface area contributed by atoms with Crippen LogP contribution in [0.25, 0.3) is 0 Å². The molecule has 1 aliphatic heterocycles. The first-order valence-electron chi connectivity index (χ1n) is 6.72. The Bertz CT molecular complexity index is 431. The van der Waals surface area contributed by atoms with Crippen molar-refractivity contribution < 1.29 is 0 Å². The first-order valence-corrected chi connectivity index (χ1v) is 6.72. The number of hydrogen-bond donors (Lipinski definition) is 1. The van der Waals surface area contributed by atoms with Crippen LogP contribution in [0.5, 0.6) is 0 Å². The van der Waals surface area contributed by atoms with Crippen LogP contribution in [0.3, 0.4) is 0 Å². The molecule has 0 radical (unpaired) electrons. The maximum absolute atomic E-state index is 3.57. The van der Waals surface area contributed by atoms with Crippen molar-refractivity contribution in [2.24, 2.45) is 0 Å². The van der Waals surface area contributed by atoms with Crippen molar-refractivity contribution >= 4 is 0 Å². The molecule has 1 heterocycles. The monoisotopic (exact) mass is 213 g/mol. The molecule has 1 fully saturated rings. The Balaban J connectivity index is 1.93. The number of benzene rings is 1. The van der Waals surface area contributed by atoms with Crippen molar-refractivity contribution in [3.63, 3.8) is 0 Å². The van der Waals surface area contributed by atoms with Crippen molar-refractivity contribution in [2.75, 3.05) is 6.54 Å². The van der Waals surface area contributed by atoms with Crippen molar-refractivity contribution in [3.05, 3.63) is 34.9 Å². The average molecular weight is 213 g/mol. The number of hydrogen-bond acceptors (Lipinski definition) is 1. The number of nitrogens with one attached hydrogen (secondary N) is 1. The summed E-state index contributed by atoms with van der Waals surface area (Å²) in [5, 5.41) is 3.57. The standard InChI is InChI=1S/C15H19N/c1-2-12-10-16-9-5-11-4-6-15(7-8-15)13(3-1)14(11)12/h1-3,11,16H,4-10H2/t11-/m0/s1. The molecule has 1 N–H and O–H groups in total. The van der Waals surface area contributed by atoms with E-state index >= 15 is 0 Å². The topological polar surface area (TPSA) is 12.0 Å². The summed E-state index contributed by atoms with van der Waals surface area (Å²) in [5.41, 5.74) is 5.69. The summed E-state index contributed by atoms with van der Waals surface area (Å²) in [7, 11) is 0. The molecule has 1 aromatic carbocycles. The van der Waals surface area contributed by atoms with Gasteiger partial charge in [0, 0.05) is 6.54 Å². The number of fused-ring (bicyclic) bond motifs is 1. The predicted octanol–water partition coefficient (Wildman–Crippen LogP) is 3.09. The minimum Gasteiger partial charge on any atom is -0.313 e. The van der Waals surface area contributed by atoms with Gasteiger partial charge in [-0.15, -0.1) is 0 Å². The van der Waals surface area contributed by atoms with E-state index in [9.17, 15) is 0 Å². The van der Waals surface area contributed by atoms with Gasteiger partial charge < -0.3 is 5.32 Å². The van der Waals surface area contributed by atoms with Gasteiger partial charge in [0.25, 0.3) is 0 Å². The van der Waals surface area contributed by atoms with Gasteiger partial charge in [0.1, 0.15) is 0 Å². The second-order valence-corrected chi connectivity index (χ2v) is 5.86. The van der Waals surface area contributed by atoms with E-state index in [4.69, 9.17) is 0 Å². The third-order valence-corrected chi connectivity index (χ3v) is 4.99. The van der Waals surface area contributed by atoms with Gasteiger partial charge in [0.15, 0.2) is 0 Å². The van der Waals surface area contributed by atoms with Gasteiger partial charge in [0.2, 0.25) is 0 Å². The Kier molecular flexibility index (Phi) is 1.79. The Morgan fingerprint density at radius 2 is 2.06 bits per heavy atom. The highest BCUT2D eigenvalue weighted by atomic mass is 14.9. The molecule has 1 atom stereocenters. The lowest BCUT2D eigenvalue weighted by Crippen LogP contribution is -2.20. The normalized spacial score (nSPS) is 29.6. The van der Waals surface area contributed by atoms with Crippen LogP contribution in [0, 0.1) is 0 Å². The molecule has 16 heavy (non-hydrogen) atoms. The molecule has 84 valence electrons. The first kappa shape index (κ1) is 9.23. The van der Waals surface area contributed by atoms with Gasteiger partial charge in [-0.2, -0.15) is 0 Å². The maximum Gasteiger partial charge on any atom is 0.0208 e. The summed E-state index contributed by atoms with van der Waals surface area (Å²) in [6.45, 7) is 2.29. The quantitative estimate of drug-likeness (QED) is 0.698. The van der Waals surface area contributed by atoms with Crippen LogP contribution in [-0.4, -0.2) is 6.54 Å². The zero-order valence-corrected chi connectivity index (χ0v) is 9.76. The molecular weight excluding hydrogens is 194 g/mol. The molecule has 4 rings (SSSR count). The average Bonchev–Trinajstić information content (AvgIpc) is 3.09. The SMILES string of the molecule is c1cc2c3c(c1)C1(CC[C@H]3CCNC2)CC1. The minimum absolute atomic E-state index is 0.631. The lowest BCUT2D eigenvalue weighted by molar-refractivity contribution is 0.453. The molecule has 1 spiro atoms. The van der Waals surface area contributed by atoms with Crippen molar-refractivity contribution in [1.82, 2.24) is 5.32 Å². The van der Waals surface area contributed by atoms with Crippen LogP contribution in [0.2, 0.25) is 0 Å². The molecule has 1 nitrogen and oxygen atoms in total. The second-order valence-electron chi connectivity index (χ2n) is 5.86. The fourth-order valence-corrected chi connectivity index (χ4v) is 3.90. The van der Waals surface area contributed by atoms with E-state index in [2.05, 4.69) is 23.5 Å². The van der Waals surface area contributed by atoms with E-state index < -0.39 is 0 Å². The molecule has 0 unspecified atom stereocenters. The first-order chi connectivity index (χ1) is 7.89. The number of rotatable bonds is 0. The summed E-state index contributed by atoms with van der Waals surface area (Å²) in [6.07, 6.45) is 7.13. The van der Waals surface area contributed by atoms with Crippen molar-refractivity contribution in [1.29, 1.82) is 0 Å². The smallest absolute Gasteiger partial charge is 0.0208 e. The van der Waals surface area contributed by atoms with Crippen LogP contribution in [0.15, 0.2) is 18.2 Å². The van der Waals surface area contributed by atoms with E-state index in [0.717, 1.165) is 12.5 Å². The van der Waals surface area contributed by atoms with Crippen LogP contribution in [-0.2, 0) is 12.0 Å². The Labute approximate surface area is 97.2 Å². The summed E-state index contributed by atoms with van der Waals surface area (Å²) in [6, 6.07) is 7.04. The van der Waals surface area contributed by atoms with Crippen molar-refractivity contribution in [2.45, 2.75) is 50.0 Å². The molecule has 1 aromatic rings. The van der Waals surface area contributed by atoms with Crippen LogP contribution in [0.1, 0.15) is 54.7 Å². The third kappa shape index (κ3) is 1.15. The fourth-order valence-electron chi connectivity index (χ4n) is 3.90. The second kappa shape index (κ2) is 3.10. The maximum atomic E-state index is 3.57. The van der Waals surface area contributed by atoms with E-state index in [1.807, 2.05) is 0 Å². The Hall–Kier alpha value is -0.820. The predicted molar refractivity (Wildman–Crippen MR) is 65.7 cm³/mol. The Morgan fingerprint density at radius 1 is 1.12 bits per heavy atom. The highest BCUT2D eigenvalue weighted by Crippen LogP contribution is 2.58. The Morgan fingerprint density at radius 3 is 2.94 bits per heavy atom. The lowest BCUT2D eigenvalue weighted by Gasteiger charge is -2.32. The molecular formula is C15H19N. The van der Waals surface area contributed by atoms with Gasteiger partial charge in [0.05, 0.1) is 0 Å². The van der Waals surface area contributed by atoms with E-state index in [-0.39, 0.29) is 0 Å². The zero-order valence-electron chi connectivity index (χ0n) is 9.76. The van der Waals surface area contributed by atoms with Crippen LogP contribution < -0.4 is 5.32 Å². The molecule has 0 amide bonds. The summed E-state index contributed by atoms with van der Waals surface area (Å²) in [4.78, 5) is 0. The lowest BCUT2D eigenvalue weighted by atomic mass is 9.72. The molecule has 1 saturated carbocycles. The fraction of sp³-hybridized carbons (Fsp3) is 0.600. The van der Waals surface area contributed by atoms with Crippen molar-refractivity contribution in [3.8, 4) is 0 Å². The molecule has 0 aromatic heterocycles. The molecule has 1 heteroatoms.